The Hall–Kier alpha value is -2.15. The van der Waals surface area contributed by atoms with Crippen LogP contribution in [0.5, 0.6) is 0 Å². The van der Waals surface area contributed by atoms with Crippen LogP contribution in [-0.4, -0.2) is 9.78 Å². The van der Waals surface area contributed by atoms with Gasteiger partial charge in [-0.2, -0.15) is 10.4 Å². The van der Waals surface area contributed by atoms with Crippen LogP contribution in [0.25, 0.3) is 5.69 Å². The predicted molar refractivity (Wildman–Crippen MR) is 71.7 cm³/mol. The van der Waals surface area contributed by atoms with E-state index in [1.165, 1.54) is 6.07 Å². The summed E-state index contributed by atoms with van der Waals surface area (Å²) in [6, 6.07) is 6.33. The number of rotatable bonds is 1. The van der Waals surface area contributed by atoms with Gasteiger partial charge in [-0.15, -0.1) is 0 Å². The van der Waals surface area contributed by atoms with Crippen molar-refractivity contribution in [1.82, 2.24) is 9.78 Å². The van der Waals surface area contributed by atoms with Gasteiger partial charge in [0, 0.05) is 5.69 Å². The van der Waals surface area contributed by atoms with E-state index in [1.54, 1.807) is 23.0 Å². The summed E-state index contributed by atoms with van der Waals surface area (Å²) in [5.74, 6) is -0.439. The molecule has 0 saturated carbocycles. The van der Waals surface area contributed by atoms with E-state index in [0.717, 1.165) is 11.3 Å². The Morgan fingerprint density at radius 2 is 2.00 bits per heavy atom. The molecule has 4 heteroatoms. The van der Waals surface area contributed by atoms with E-state index in [9.17, 15) is 4.39 Å². The quantitative estimate of drug-likeness (QED) is 0.784. The van der Waals surface area contributed by atoms with Gasteiger partial charge in [-0.25, -0.2) is 9.07 Å². The zero-order valence-electron chi connectivity index (χ0n) is 11.5. The molecule has 0 atom stereocenters. The first-order valence-corrected chi connectivity index (χ1v) is 6.09. The highest BCUT2D eigenvalue weighted by Gasteiger charge is 2.21. The number of benzene rings is 1. The molecule has 0 aliphatic heterocycles. The molecule has 0 aliphatic rings. The number of halogens is 1. The number of hydrogen-bond acceptors (Lipinski definition) is 2. The van der Waals surface area contributed by atoms with E-state index >= 15 is 0 Å². The fourth-order valence-electron chi connectivity index (χ4n) is 2.14. The van der Waals surface area contributed by atoms with Crippen LogP contribution in [0, 0.1) is 24.1 Å². The van der Waals surface area contributed by atoms with Gasteiger partial charge in [-0.05, 0) is 36.1 Å². The molecule has 2 aromatic rings. The zero-order valence-corrected chi connectivity index (χ0v) is 11.5. The summed E-state index contributed by atoms with van der Waals surface area (Å²) in [6.07, 6.45) is 1.77. The van der Waals surface area contributed by atoms with Gasteiger partial charge in [0.25, 0.3) is 0 Å². The summed E-state index contributed by atoms with van der Waals surface area (Å²) in [6.45, 7) is 8.20. The van der Waals surface area contributed by atoms with Crippen molar-refractivity contribution in [2.45, 2.75) is 33.1 Å². The second-order valence-electron chi connectivity index (χ2n) is 5.58. The molecular weight excluding hydrogens is 241 g/mol. The topological polar surface area (TPSA) is 41.6 Å². The third kappa shape index (κ3) is 2.37. The number of nitriles is 1. The largest absolute Gasteiger partial charge is 0.235 e. The van der Waals surface area contributed by atoms with Crippen LogP contribution in [0.15, 0.2) is 24.4 Å². The van der Waals surface area contributed by atoms with Gasteiger partial charge in [0.1, 0.15) is 11.5 Å². The van der Waals surface area contributed by atoms with Gasteiger partial charge in [0.2, 0.25) is 0 Å². The maximum Gasteiger partial charge on any atom is 0.150 e. The molecule has 0 N–H and O–H groups in total. The molecule has 0 aliphatic carbocycles. The fourth-order valence-corrected chi connectivity index (χ4v) is 2.14. The van der Waals surface area contributed by atoms with Gasteiger partial charge in [0.15, 0.2) is 0 Å². The number of aromatic nitrogens is 2. The summed E-state index contributed by atoms with van der Waals surface area (Å²) < 4.78 is 15.6. The molecule has 1 aromatic carbocycles. The molecule has 0 bridgehead atoms. The monoisotopic (exact) mass is 257 g/mol. The molecule has 2 rings (SSSR count). The molecule has 1 heterocycles. The van der Waals surface area contributed by atoms with Gasteiger partial charge >= 0.3 is 0 Å². The Balaban J connectivity index is 2.56. The number of hydrogen-bond donors (Lipinski definition) is 0. The lowest BCUT2D eigenvalue weighted by atomic mass is 9.87. The first-order valence-electron chi connectivity index (χ1n) is 6.09. The van der Waals surface area contributed by atoms with Crippen LogP contribution in [0.4, 0.5) is 4.39 Å². The van der Waals surface area contributed by atoms with Crippen LogP contribution in [0.1, 0.15) is 37.6 Å². The molecule has 19 heavy (non-hydrogen) atoms. The average molecular weight is 257 g/mol. The van der Waals surface area contributed by atoms with Gasteiger partial charge in [-0.3, -0.25) is 0 Å². The summed E-state index contributed by atoms with van der Waals surface area (Å²) in [5, 5.41) is 13.0. The van der Waals surface area contributed by atoms with E-state index in [4.69, 9.17) is 5.26 Å². The highest BCUT2D eigenvalue weighted by atomic mass is 19.1. The lowest BCUT2D eigenvalue weighted by molar-refractivity contribution is 0.582. The third-order valence-electron chi connectivity index (χ3n) is 3.12. The molecule has 0 fully saturated rings. The summed E-state index contributed by atoms with van der Waals surface area (Å²) >= 11 is 0. The van der Waals surface area contributed by atoms with E-state index in [0.29, 0.717) is 11.3 Å². The minimum absolute atomic E-state index is 0.0363. The van der Waals surface area contributed by atoms with Crippen molar-refractivity contribution in [2.75, 3.05) is 0 Å². The molecule has 1 aromatic heterocycles. The molecule has 0 unspecified atom stereocenters. The Bertz CT molecular complexity index is 657. The highest BCUT2D eigenvalue weighted by Crippen LogP contribution is 2.27. The summed E-state index contributed by atoms with van der Waals surface area (Å²) in [4.78, 5) is 0. The first-order chi connectivity index (χ1) is 8.84. The van der Waals surface area contributed by atoms with Crippen molar-refractivity contribution >= 4 is 0 Å². The van der Waals surface area contributed by atoms with Crippen molar-refractivity contribution in [3.8, 4) is 11.8 Å². The summed E-state index contributed by atoms with van der Waals surface area (Å²) in [7, 11) is 0. The van der Waals surface area contributed by atoms with Crippen LogP contribution in [0.2, 0.25) is 0 Å². The molecule has 0 radical (unpaired) electrons. The molecule has 3 nitrogen and oxygen atoms in total. The van der Waals surface area contributed by atoms with E-state index in [1.807, 2.05) is 13.0 Å². The first kappa shape index (κ1) is 13.3. The minimum Gasteiger partial charge on any atom is -0.235 e. The lowest BCUT2D eigenvalue weighted by Crippen LogP contribution is -2.12. The van der Waals surface area contributed by atoms with E-state index < -0.39 is 5.82 Å². The van der Waals surface area contributed by atoms with E-state index in [-0.39, 0.29) is 5.41 Å². The Labute approximate surface area is 112 Å². The maximum atomic E-state index is 14.0. The molecule has 0 amide bonds. The number of nitrogens with zero attached hydrogens (tertiary/aromatic N) is 3. The smallest absolute Gasteiger partial charge is 0.150 e. The van der Waals surface area contributed by atoms with Crippen LogP contribution >= 0.6 is 0 Å². The zero-order chi connectivity index (χ0) is 14.2. The Morgan fingerprint density at radius 1 is 1.32 bits per heavy atom. The van der Waals surface area contributed by atoms with Gasteiger partial charge in [-0.1, -0.05) is 20.8 Å². The lowest BCUT2D eigenvalue weighted by Gasteiger charge is -2.18. The fraction of sp³-hybridized carbons (Fsp3) is 0.333. The SMILES string of the molecule is Cc1c(C(C)(C)C)cnn1-c1ccc(C#N)cc1F. The van der Waals surface area contributed by atoms with Crippen molar-refractivity contribution in [3.63, 3.8) is 0 Å². The van der Waals surface area contributed by atoms with Crippen molar-refractivity contribution in [3.05, 3.63) is 47.0 Å². The van der Waals surface area contributed by atoms with Gasteiger partial charge < -0.3 is 0 Å². The van der Waals surface area contributed by atoms with Gasteiger partial charge in [0.05, 0.1) is 17.8 Å². The van der Waals surface area contributed by atoms with Crippen molar-refractivity contribution in [2.24, 2.45) is 0 Å². The maximum absolute atomic E-state index is 14.0. The second kappa shape index (κ2) is 4.51. The molecular formula is C15H16FN3. The second-order valence-corrected chi connectivity index (χ2v) is 5.58. The van der Waals surface area contributed by atoms with Crippen LogP contribution in [0.3, 0.4) is 0 Å². The summed E-state index contributed by atoms with van der Waals surface area (Å²) in [5.41, 5.74) is 2.63. The Morgan fingerprint density at radius 3 is 2.47 bits per heavy atom. The van der Waals surface area contributed by atoms with Crippen molar-refractivity contribution in [1.29, 1.82) is 5.26 Å². The van der Waals surface area contributed by atoms with Crippen LogP contribution < -0.4 is 0 Å². The molecule has 98 valence electrons. The normalized spacial score (nSPS) is 11.4. The predicted octanol–water partition coefficient (Wildman–Crippen LogP) is 3.49. The standard InChI is InChI=1S/C15H16FN3/c1-10-12(15(2,3)4)9-18-19(10)14-6-5-11(8-17)7-13(14)16/h5-7,9H,1-4H3. The molecule has 0 spiro atoms. The van der Waals surface area contributed by atoms with Crippen molar-refractivity contribution < 1.29 is 4.39 Å². The average Bonchev–Trinajstić information content (AvgIpc) is 2.70. The molecule has 0 saturated heterocycles. The van der Waals surface area contributed by atoms with Crippen LogP contribution in [-0.2, 0) is 5.41 Å². The minimum atomic E-state index is -0.439. The Kier molecular flexibility index (Phi) is 3.15. The van der Waals surface area contributed by atoms with E-state index in [2.05, 4.69) is 25.9 Å². The highest BCUT2D eigenvalue weighted by molar-refractivity contribution is 5.42. The third-order valence-corrected chi connectivity index (χ3v) is 3.12.